The molecule has 6 aliphatic rings. The molecule has 0 unspecified atom stereocenters. The minimum atomic E-state index is -1.32. The zero-order valence-electron chi connectivity index (χ0n) is 43.4. The molecule has 3 N–H and O–H groups in total. The number of aromatic nitrogens is 4. The number of likely N-dealkylation sites (tertiary alicyclic amines) is 3. The Balaban J connectivity index is 0.000000181. The second kappa shape index (κ2) is 25.1. The predicted octanol–water partition coefficient (Wildman–Crippen LogP) is 6.21. The van der Waals surface area contributed by atoms with Crippen LogP contribution in [0.25, 0.3) is 0 Å². The molecule has 0 spiro atoms. The van der Waals surface area contributed by atoms with Crippen molar-refractivity contribution in [1.82, 2.24) is 39.6 Å². The molecule has 3 amide bonds. The van der Waals surface area contributed by atoms with Gasteiger partial charge in [-0.25, -0.2) is 8.78 Å². The number of piperidine rings is 4. The minimum absolute atomic E-state index is 0.0524. The first kappa shape index (κ1) is 55.1. The molecule has 4 aromatic rings. The lowest BCUT2D eigenvalue weighted by Crippen LogP contribution is -2.48. The van der Waals surface area contributed by atoms with Gasteiger partial charge in [-0.15, -0.1) is 0 Å². The molecule has 73 heavy (non-hydrogen) atoms. The zero-order valence-corrected chi connectivity index (χ0v) is 43.4. The van der Waals surface area contributed by atoms with Crippen molar-refractivity contribution in [3.63, 3.8) is 0 Å². The summed E-state index contributed by atoms with van der Waals surface area (Å²) in [6, 6.07) is 13.1. The summed E-state index contributed by atoms with van der Waals surface area (Å²) >= 11 is 0. The van der Waals surface area contributed by atoms with Crippen molar-refractivity contribution >= 4 is 23.9 Å². The van der Waals surface area contributed by atoms with E-state index in [-0.39, 0.29) is 43.3 Å². The number of alkyl halides is 2. The van der Waals surface area contributed by atoms with E-state index < -0.39 is 24.6 Å². The Morgan fingerprint density at radius 3 is 1.64 bits per heavy atom. The number of amides is 3. The maximum Gasteiger partial charge on any atom is 0.373 e. The lowest BCUT2D eigenvalue weighted by molar-refractivity contribution is -0.191. The molecule has 15 nitrogen and oxygen atoms in total. The molecule has 10 rings (SSSR count). The molecule has 2 aromatic heterocycles. The fourth-order valence-corrected chi connectivity index (χ4v) is 11.5. The molecule has 17 heteroatoms. The highest BCUT2D eigenvalue weighted by Gasteiger charge is 2.37. The van der Waals surface area contributed by atoms with Crippen molar-refractivity contribution in [1.29, 1.82) is 0 Å². The third kappa shape index (κ3) is 13.4. The molecule has 4 saturated heterocycles. The molecular formula is C56H76F2N8O7. The topological polar surface area (TPSA) is 183 Å². The molecule has 0 atom stereocenters. The summed E-state index contributed by atoms with van der Waals surface area (Å²) in [6.45, 7) is 13.2. The van der Waals surface area contributed by atoms with Crippen LogP contribution in [0.15, 0.2) is 42.6 Å². The number of fused-ring (bicyclic) bond motifs is 2. The van der Waals surface area contributed by atoms with Gasteiger partial charge >= 0.3 is 6.15 Å². The molecule has 0 bridgehead atoms. The highest BCUT2D eigenvalue weighted by molar-refractivity contribution is 5.94. The Hall–Kier alpha value is -5.61. The number of rotatable bonds is 9. The fraction of sp³-hybridized carbons (Fsp3) is 0.607. The smallest absolute Gasteiger partial charge is 0.373 e. The number of hydrogen-bond donors (Lipinski definition) is 3. The summed E-state index contributed by atoms with van der Waals surface area (Å²) in [4.78, 5) is 61.1. The maximum absolute atomic E-state index is 13.3. The number of aryl methyl sites for hydroxylation is 3. The van der Waals surface area contributed by atoms with Crippen molar-refractivity contribution < 1.29 is 43.0 Å². The minimum Gasteiger partial charge on any atom is -0.387 e. The number of nitrogens with zero attached hydrogens (tertiary/aromatic N) is 7. The first-order valence-electron chi connectivity index (χ1n) is 26.5. The number of carbonyl (C=O) groups excluding carboxylic acids is 5. The first-order chi connectivity index (χ1) is 35.1. The molecular weight excluding hydrogens is 935 g/mol. The largest absolute Gasteiger partial charge is 0.387 e. The van der Waals surface area contributed by atoms with E-state index >= 15 is 0 Å². The molecule has 396 valence electrons. The van der Waals surface area contributed by atoms with Crippen LogP contribution in [-0.4, -0.2) is 145 Å². The molecule has 4 aliphatic heterocycles. The fourth-order valence-electron chi connectivity index (χ4n) is 11.5. The molecule has 6 heterocycles. The maximum atomic E-state index is 13.3. The van der Waals surface area contributed by atoms with Gasteiger partial charge in [0.05, 0.1) is 17.4 Å². The summed E-state index contributed by atoms with van der Waals surface area (Å²) in [5.74, 6) is 1.16. The van der Waals surface area contributed by atoms with Crippen LogP contribution in [0.4, 0.5) is 8.78 Å². The van der Waals surface area contributed by atoms with Gasteiger partial charge in [0.15, 0.2) is 5.69 Å². The van der Waals surface area contributed by atoms with Gasteiger partial charge < -0.3 is 30.2 Å². The van der Waals surface area contributed by atoms with Crippen LogP contribution in [0.2, 0.25) is 0 Å². The van der Waals surface area contributed by atoms with Gasteiger partial charge in [-0.1, -0.05) is 36.4 Å². The number of benzene rings is 2. The Morgan fingerprint density at radius 2 is 1.14 bits per heavy atom. The SMILES string of the molecule is Cc1cccc(C2CCN(C(=O)Cn3nc(C(=O)N4CCC(O)(CF)CC4)c4c3CCC4)CC2)c1C.Cc1cccc(C2CCN(C(=O)Cn3ncc4c3CCC4)CC2)c1C.O=C=O.OC1(CF)CCNCC1. The van der Waals surface area contributed by atoms with E-state index in [2.05, 4.69) is 79.6 Å². The van der Waals surface area contributed by atoms with Gasteiger partial charge in [0.2, 0.25) is 11.8 Å². The van der Waals surface area contributed by atoms with Gasteiger partial charge in [-0.3, -0.25) is 23.7 Å². The second-order valence-electron chi connectivity index (χ2n) is 21.1. The van der Waals surface area contributed by atoms with E-state index in [4.69, 9.17) is 9.59 Å². The Bertz CT molecular complexity index is 2560. The van der Waals surface area contributed by atoms with Gasteiger partial charge in [0.1, 0.15) is 26.4 Å². The number of nitrogens with one attached hydrogen (secondary N) is 1. The van der Waals surface area contributed by atoms with Crippen molar-refractivity contribution in [3.05, 3.63) is 104 Å². The van der Waals surface area contributed by atoms with E-state index in [1.807, 2.05) is 20.7 Å². The third-order valence-corrected chi connectivity index (χ3v) is 16.6. The predicted molar refractivity (Wildman–Crippen MR) is 272 cm³/mol. The van der Waals surface area contributed by atoms with Crippen LogP contribution in [-0.2, 0) is 58.0 Å². The van der Waals surface area contributed by atoms with Gasteiger partial charge in [0.25, 0.3) is 5.91 Å². The van der Waals surface area contributed by atoms with Crippen LogP contribution in [0.5, 0.6) is 0 Å². The highest BCUT2D eigenvalue weighted by Crippen LogP contribution is 2.34. The van der Waals surface area contributed by atoms with E-state index in [9.17, 15) is 33.4 Å². The molecule has 4 fully saturated rings. The van der Waals surface area contributed by atoms with Crippen molar-refractivity contribution in [2.24, 2.45) is 0 Å². The Kier molecular flexibility index (Phi) is 18.9. The summed E-state index contributed by atoms with van der Waals surface area (Å²) in [7, 11) is 0. The van der Waals surface area contributed by atoms with E-state index in [1.165, 1.54) is 51.1 Å². The monoisotopic (exact) mass is 1010 g/mol. The van der Waals surface area contributed by atoms with E-state index in [0.29, 0.717) is 50.0 Å². The van der Waals surface area contributed by atoms with Crippen LogP contribution in [0, 0.1) is 27.7 Å². The summed E-state index contributed by atoms with van der Waals surface area (Å²) in [6.07, 6.45) is 13.7. The third-order valence-electron chi connectivity index (χ3n) is 16.6. The van der Waals surface area contributed by atoms with Gasteiger partial charge in [-0.05, 0) is 181 Å². The van der Waals surface area contributed by atoms with Crippen LogP contribution >= 0.6 is 0 Å². The summed E-state index contributed by atoms with van der Waals surface area (Å²) in [5.41, 5.74) is 11.0. The second-order valence-corrected chi connectivity index (χ2v) is 21.1. The normalized spacial score (nSPS) is 19.3. The average Bonchev–Trinajstić information content (AvgIpc) is 4.23. The summed E-state index contributed by atoms with van der Waals surface area (Å²) < 4.78 is 28.8. The first-order valence-corrected chi connectivity index (χ1v) is 26.5. The van der Waals surface area contributed by atoms with Crippen LogP contribution < -0.4 is 5.32 Å². The standard InChI is InChI=1S/C28H37FN4O3.C21H27N3O.C6H12FNO.CO2/c1-19-5-3-6-22(20(19)2)21-9-13-31(14-10-21)25(34)17-33-24-8-4-7-23(24)26(30-33)27(35)32-15-11-28(36,18-29)12-16-32;1-15-5-3-7-19(16(15)2)17-9-11-23(12-10-17)21(25)14-24-20-8-4-6-18(20)13-22-24;7-5-6(9)1-3-8-4-2-6;2-1-3/h3,5-6,21,36H,4,7-18H2,1-2H3;3,5,7,13,17H,4,6,8-12,14H2,1-2H3;8-9H,1-5H2;. The molecule has 2 aliphatic carbocycles. The molecule has 2 aromatic carbocycles. The Morgan fingerprint density at radius 1 is 0.658 bits per heavy atom. The van der Waals surface area contributed by atoms with Gasteiger partial charge in [0, 0.05) is 56.2 Å². The highest BCUT2D eigenvalue weighted by atomic mass is 19.1. The van der Waals surface area contributed by atoms with Crippen molar-refractivity contribution in [2.75, 3.05) is 65.7 Å². The quantitative estimate of drug-likeness (QED) is 0.174. The Labute approximate surface area is 428 Å². The average molecular weight is 1010 g/mol. The summed E-state index contributed by atoms with van der Waals surface area (Å²) in [5, 5.41) is 31.5. The lowest BCUT2D eigenvalue weighted by atomic mass is 9.85. The molecule has 0 radical (unpaired) electrons. The number of aliphatic hydroxyl groups is 2. The molecule has 0 saturated carbocycles. The number of carbonyl (C=O) groups is 3. The van der Waals surface area contributed by atoms with E-state index in [0.717, 1.165) is 108 Å². The lowest BCUT2D eigenvalue weighted by Gasteiger charge is -2.36. The van der Waals surface area contributed by atoms with E-state index in [1.54, 1.807) is 9.58 Å². The van der Waals surface area contributed by atoms with Crippen molar-refractivity contribution in [3.8, 4) is 0 Å². The van der Waals surface area contributed by atoms with Crippen LogP contribution in [0.1, 0.15) is 142 Å². The van der Waals surface area contributed by atoms with Gasteiger partial charge in [-0.2, -0.15) is 19.8 Å². The number of halogens is 2. The van der Waals surface area contributed by atoms with Crippen molar-refractivity contribution in [2.45, 2.75) is 154 Å². The van der Waals surface area contributed by atoms with Crippen LogP contribution in [0.3, 0.4) is 0 Å². The number of hydrogen-bond acceptors (Lipinski definition) is 10. The zero-order chi connectivity index (χ0) is 52.3.